The molecule has 3 aromatic rings. The number of unbranched alkanes of at least 4 members (excludes halogenated alkanes) is 1. The van der Waals surface area contributed by atoms with E-state index in [1.54, 1.807) is 18.2 Å². The molecule has 0 heterocycles. The summed E-state index contributed by atoms with van der Waals surface area (Å²) in [4.78, 5) is 28.9. The van der Waals surface area contributed by atoms with E-state index in [9.17, 15) is 18.0 Å². The first-order valence-corrected chi connectivity index (χ1v) is 15.4. The van der Waals surface area contributed by atoms with E-state index in [1.807, 2.05) is 58.0 Å². The van der Waals surface area contributed by atoms with Gasteiger partial charge in [-0.15, -0.1) is 0 Å². The molecular weight excluding hydrogens is 546 g/mol. The van der Waals surface area contributed by atoms with E-state index in [1.165, 1.54) is 29.2 Å². The number of anilines is 1. The third-order valence-corrected chi connectivity index (χ3v) is 8.66. The van der Waals surface area contributed by atoms with Crippen LogP contribution in [-0.4, -0.2) is 44.3 Å². The molecular formula is C31H38ClN3O4S. The molecule has 0 aliphatic rings. The normalized spacial score (nSPS) is 12.0. The smallest absolute Gasteiger partial charge is 0.264 e. The fourth-order valence-corrected chi connectivity index (χ4v) is 6.01. The Labute approximate surface area is 243 Å². The molecule has 0 bridgehead atoms. The number of amides is 2. The van der Waals surface area contributed by atoms with Crippen molar-refractivity contribution in [3.05, 3.63) is 94.5 Å². The van der Waals surface area contributed by atoms with Gasteiger partial charge in [0.15, 0.2) is 0 Å². The first-order valence-electron chi connectivity index (χ1n) is 13.5. The van der Waals surface area contributed by atoms with Crippen molar-refractivity contribution in [2.75, 3.05) is 17.4 Å². The summed E-state index contributed by atoms with van der Waals surface area (Å²) in [6.07, 6.45) is 2.13. The summed E-state index contributed by atoms with van der Waals surface area (Å²) in [5, 5.41) is 3.35. The number of rotatable bonds is 13. The van der Waals surface area contributed by atoms with Crippen LogP contribution in [0.2, 0.25) is 5.02 Å². The van der Waals surface area contributed by atoms with Crippen molar-refractivity contribution in [2.24, 2.45) is 0 Å². The maximum atomic E-state index is 14.1. The number of carbonyl (C=O) groups excluding carboxylic acids is 2. The van der Waals surface area contributed by atoms with E-state index < -0.39 is 28.5 Å². The fourth-order valence-electron chi connectivity index (χ4n) is 4.48. The maximum absolute atomic E-state index is 14.1. The average molecular weight is 584 g/mol. The highest BCUT2D eigenvalue weighted by Crippen LogP contribution is 2.26. The van der Waals surface area contributed by atoms with Crippen LogP contribution in [0.25, 0.3) is 0 Å². The van der Waals surface area contributed by atoms with Crippen molar-refractivity contribution in [1.29, 1.82) is 0 Å². The van der Waals surface area contributed by atoms with Crippen LogP contribution in [-0.2, 0) is 26.2 Å². The number of aryl methyl sites for hydroxylation is 2. The second kappa shape index (κ2) is 14.3. The molecule has 7 nitrogen and oxygen atoms in total. The Kier molecular flexibility index (Phi) is 11.2. The molecule has 2 amide bonds. The van der Waals surface area contributed by atoms with Gasteiger partial charge in [-0.1, -0.05) is 73.8 Å². The summed E-state index contributed by atoms with van der Waals surface area (Å²) in [5.41, 5.74) is 3.09. The van der Waals surface area contributed by atoms with E-state index in [0.29, 0.717) is 23.7 Å². The summed E-state index contributed by atoms with van der Waals surface area (Å²) in [6, 6.07) is 19.8. The van der Waals surface area contributed by atoms with Crippen LogP contribution in [0.5, 0.6) is 0 Å². The van der Waals surface area contributed by atoms with Gasteiger partial charge in [0.05, 0.1) is 10.6 Å². The molecule has 9 heteroatoms. The lowest BCUT2D eigenvalue weighted by Gasteiger charge is -2.33. The topological polar surface area (TPSA) is 86.8 Å². The first-order chi connectivity index (χ1) is 19.1. The second-order valence-electron chi connectivity index (χ2n) is 9.88. The molecule has 214 valence electrons. The van der Waals surface area contributed by atoms with Gasteiger partial charge in [-0.05, 0) is 74.2 Å². The van der Waals surface area contributed by atoms with Crippen LogP contribution < -0.4 is 9.62 Å². The molecule has 0 spiro atoms. The number of sulfonamides is 1. The number of hydrogen-bond donors (Lipinski definition) is 1. The van der Waals surface area contributed by atoms with Crippen molar-refractivity contribution in [2.45, 2.75) is 64.4 Å². The molecule has 1 atom stereocenters. The number of nitrogens with zero attached hydrogens (tertiary/aromatic N) is 2. The van der Waals surface area contributed by atoms with Gasteiger partial charge in [0, 0.05) is 18.1 Å². The molecule has 0 aliphatic carbocycles. The van der Waals surface area contributed by atoms with Crippen molar-refractivity contribution >= 4 is 39.1 Å². The van der Waals surface area contributed by atoms with Gasteiger partial charge in [0.2, 0.25) is 11.8 Å². The zero-order chi connectivity index (χ0) is 29.3. The molecule has 3 rings (SSSR count). The van der Waals surface area contributed by atoms with Gasteiger partial charge in [-0.25, -0.2) is 8.42 Å². The Hall–Kier alpha value is -3.36. The minimum absolute atomic E-state index is 0.0146. The number of hydrogen-bond acceptors (Lipinski definition) is 4. The van der Waals surface area contributed by atoms with Crippen LogP contribution in [0.4, 0.5) is 5.69 Å². The molecule has 3 aromatic carbocycles. The SMILES string of the molecule is CCCCNC(=O)[C@H](CC)N(Cc1cccc(C)c1)C(=O)CN(c1cccc(C)c1)S(=O)(=O)c1ccc(Cl)cc1. The second-order valence-corrected chi connectivity index (χ2v) is 12.2. The van der Waals surface area contributed by atoms with Crippen molar-refractivity contribution in [3.8, 4) is 0 Å². The highest BCUT2D eigenvalue weighted by atomic mass is 35.5. The zero-order valence-corrected chi connectivity index (χ0v) is 25.1. The largest absolute Gasteiger partial charge is 0.354 e. The molecule has 0 aromatic heterocycles. The zero-order valence-electron chi connectivity index (χ0n) is 23.6. The third-order valence-electron chi connectivity index (χ3n) is 6.62. The Morgan fingerprint density at radius 1 is 0.925 bits per heavy atom. The van der Waals surface area contributed by atoms with E-state index in [-0.39, 0.29) is 17.3 Å². The summed E-state index contributed by atoms with van der Waals surface area (Å²) >= 11 is 6.01. The minimum atomic E-state index is -4.14. The lowest BCUT2D eigenvalue weighted by atomic mass is 10.1. The van der Waals surface area contributed by atoms with Gasteiger partial charge in [0.25, 0.3) is 10.0 Å². The first kappa shape index (κ1) is 31.2. The van der Waals surface area contributed by atoms with Gasteiger partial charge in [-0.3, -0.25) is 13.9 Å². The van der Waals surface area contributed by atoms with Crippen molar-refractivity contribution < 1.29 is 18.0 Å². The molecule has 0 radical (unpaired) electrons. The lowest BCUT2D eigenvalue weighted by Crippen LogP contribution is -2.52. The fraction of sp³-hybridized carbons (Fsp3) is 0.355. The highest BCUT2D eigenvalue weighted by Gasteiger charge is 2.33. The average Bonchev–Trinajstić information content (AvgIpc) is 2.91. The number of carbonyl (C=O) groups is 2. The Morgan fingerprint density at radius 2 is 1.57 bits per heavy atom. The lowest BCUT2D eigenvalue weighted by molar-refractivity contribution is -0.140. The number of nitrogens with one attached hydrogen (secondary N) is 1. The van der Waals surface area contributed by atoms with Crippen LogP contribution >= 0.6 is 11.6 Å². The third kappa shape index (κ3) is 8.08. The van der Waals surface area contributed by atoms with E-state index >= 15 is 0 Å². The monoisotopic (exact) mass is 583 g/mol. The molecule has 0 aliphatic heterocycles. The van der Waals surface area contributed by atoms with E-state index in [2.05, 4.69) is 5.32 Å². The molecule has 0 saturated carbocycles. The number of benzene rings is 3. The van der Waals surface area contributed by atoms with Crippen LogP contribution in [0.3, 0.4) is 0 Å². The Balaban J connectivity index is 2.04. The van der Waals surface area contributed by atoms with Gasteiger partial charge < -0.3 is 10.2 Å². The maximum Gasteiger partial charge on any atom is 0.264 e. The summed E-state index contributed by atoms with van der Waals surface area (Å²) in [5.74, 6) is -0.724. The molecule has 0 fully saturated rings. The minimum Gasteiger partial charge on any atom is -0.354 e. The van der Waals surface area contributed by atoms with Gasteiger partial charge >= 0.3 is 0 Å². The predicted octanol–water partition coefficient (Wildman–Crippen LogP) is 5.88. The quantitative estimate of drug-likeness (QED) is 0.255. The van der Waals surface area contributed by atoms with Crippen molar-refractivity contribution in [1.82, 2.24) is 10.2 Å². The van der Waals surface area contributed by atoms with Gasteiger partial charge in [-0.2, -0.15) is 0 Å². The number of halogens is 1. The summed E-state index contributed by atoms with van der Waals surface area (Å²) in [6.45, 7) is 7.92. The molecule has 0 saturated heterocycles. The summed E-state index contributed by atoms with van der Waals surface area (Å²) in [7, 11) is -4.14. The van der Waals surface area contributed by atoms with Crippen LogP contribution in [0.15, 0.2) is 77.7 Å². The highest BCUT2D eigenvalue weighted by molar-refractivity contribution is 7.92. The molecule has 1 N–H and O–H groups in total. The standard InChI is InChI=1S/C31H38ClN3O4S/c1-5-7-18-33-31(37)29(6-2)34(21-25-12-8-10-23(3)19-25)30(36)22-35(27-13-9-11-24(4)20-27)40(38,39)28-16-14-26(32)15-17-28/h8-17,19-20,29H,5-7,18,21-22H2,1-4H3,(H,33,37)/t29-/m0/s1. The van der Waals surface area contributed by atoms with Gasteiger partial charge in [0.1, 0.15) is 12.6 Å². The van der Waals surface area contributed by atoms with E-state index in [4.69, 9.17) is 11.6 Å². The molecule has 0 unspecified atom stereocenters. The Morgan fingerprint density at radius 3 is 2.17 bits per heavy atom. The Bertz CT molecular complexity index is 1410. The summed E-state index contributed by atoms with van der Waals surface area (Å²) < 4.78 is 28.9. The van der Waals surface area contributed by atoms with Crippen LogP contribution in [0.1, 0.15) is 49.8 Å². The molecule has 40 heavy (non-hydrogen) atoms. The van der Waals surface area contributed by atoms with E-state index in [0.717, 1.165) is 33.8 Å². The predicted molar refractivity (Wildman–Crippen MR) is 161 cm³/mol. The van der Waals surface area contributed by atoms with Crippen molar-refractivity contribution in [3.63, 3.8) is 0 Å². The van der Waals surface area contributed by atoms with Crippen LogP contribution in [0, 0.1) is 13.8 Å².